The summed E-state index contributed by atoms with van der Waals surface area (Å²) in [6, 6.07) is 14.3. The number of hydrogen-bond acceptors (Lipinski definition) is 3. The molecule has 1 heterocycles. The van der Waals surface area contributed by atoms with Crippen LogP contribution in [-0.4, -0.2) is 16.1 Å². The number of aromatic nitrogens is 2. The molecule has 0 aliphatic heterocycles. The summed E-state index contributed by atoms with van der Waals surface area (Å²) < 4.78 is 2.23. The summed E-state index contributed by atoms with van der Waals surface area (Å²) in [6.45, 7) is 3.54. The van der Waals surface area contributed by atoms with Crippen LogP contribution in [-0.2, 0) is 6.54 Å². The van der Waals surface area contributed by atoms with E-state index in [4.69, 9.17) is 16.5 Å². The fourth-order valence-corrected chi connectivity index (χ4v) is 2.55. The van der Waals surface area contributed by atoms with Gasteiger partial charge in [0.15, 0.2) is 0 Å². The second-order valence-corrected chi connectivity index (χ2v) is 5.29. The van der Waals surface area contributed by atoms with Crippen molar-refractivity contribution in [3.63, 3.8) is 0 Å². The largest absolute Gasteiger partial charge is 0.398 e. The summed E-state index contributed by atoms with van der Waals surface area (Å²) in [5, 5.41) is 0. The number of benzene rings is 2. The first-order valence-corrected chi connectivity index (χ1v) is 7.22. The standard InChI is InChI=1S/C17H20N4/c1-12-7-8-13(11-14(12)19)17-20-15-5-2-3-6-16(15)21(17)10-4-9-18/h2-3,5-8,11H,4,9-10,18-19H2,1H3. The van der Waals surface area contributed by atoms with Crippen molar-refractivity contribution in [2.24, 2.45) is 5.73 Å². The molecule has 0 aliphatic rings. The minimum absolute atomic E-state index is 0.669. The van der Waals surface area contributed by atoms with Crippen LogP contribution in [0.15, 0.2) is 42.5 Å². The first-order chi connectivity index (χ1) is 10.2. The lowest BCUT2D eigenvalue weighted by Crippen LogP contribution is -2.07. The molecule has 0 bridgehead atoms. The molecule has 0 fully saturated rings. The van der Waals surface area contributed by atoms with Crippen LogP contribution in [0.3, 0.4) is 0 Å². The topological polar surface area (TPSA) is 69.9 Å². The van der Waals surface area contributed by atoms with Gasteiger partial charge in [0.2, 0.25) is 0 Å². The summed E-state index contributed by atoms with van der Waals surface area (Å²) in [5.74, 6) is 0.955. The quantitative estimate of drug-likeness (QED) is 0.722. The molecule has 4 heteroatoms. The highest BCUT2D eigenvalue weighted by molar-refractivity contribution is 5.81. The third kappa shape index (κ3) is 2.50. The zero-order chi connectivity index (χ0) is 14.8. The third-order valence-corrected chi connectivity index (χ3v) is 3.78. The molecule has 0 atom stereocenters. The van der Waals surface area contributed by atoms with Crippen molar-refractivity contribution in [3.05, 3.63) is 48.0 Å². The number of nitrogens with two attached hydrogens (primary N) is 2. The number of fused-ring (bicyclic) bond motifs is 1. The Labute approximate surface area is 124 Å². The number of aryl methyl sites for hydroxylation is 2. The summed E-state index contributed by atoms with van der Waals surface area (Å²) in [5.41, 5.74) is 16.8. The van der Waals surface area contributed by atoms with E-state index in [0.29, 0.717) is 6.54 Å². The number of para-hydroxylation sites is 2. The third-order valence-electron chi connectivity index (χ3n) is 3.78. The molecule has 21 heavy (non-hydrogen) atoms. The molecule has 2 aromatic carbocycles. The van der Waals surface area contributed by atoms with Gasteiger partial charge >= 0.3 is 0 Å². The van der Waals surface area contributed by atoms with E-state index >= 15 is 0 Å². The highest BCUT2D eigenvalue weighted by Gasteiger charge is 2.12. The van der Waals surface area contributed by atoms with Gasteiger partial charge in [-0.25, -0.2) is 4.98 Å². The lowest BCUT2D eigenvalue weighted by Gasteiger charge is -2.10. The predicted molar refractivity (Wildman–Crippen MR) is 88.0 cm³/mol. The van der Waals surface area contributed by atoms with Gasteiger partial charge in [0.1, 0.15) is 5.82 Å². The molecule has 0 unspecified atom stereocenters. The average molecular weight is 280 g/mol. The zero-order valence-electron chi connectivity index (χ0n) is 12.2. The molecule has 108 valence electrons. The Hall–Kier alpha value is -2.33. The normalized spacial score (nSPS) is 11.1. The van der Waals surface area contributed by atoms with Crippen molar-refractivity contribution in [2.45, 2.75) is 19.9 Å². The van der Waals surface area contributed by atoms with Crippen LogP contribution in [0, 0.1) is 6.92 Å². The molecule has 0 radical (unpaired) electrons. The van der Waals surface area contributed by atoms with Gasteiger partial charge in [-0.2, -0.15) is 0 Å². The van der Waals surface area contributed by atoms with Crippen LogP contribution in [0.4, 0.5) is 5.69 Å². The highest BCUT2D eigenvalue weighted by atomic mass is 15.1. The van der Waals surface area contributed by atoms with E-state index in [1.165, 1.54) is 0 Å². The smallest absolute Gasteiger partial charge is 0.141 e. The number of nitrogens with zero attached hydrogens (tertiary/aromatic N) is 2. The average Bonchev–Trinajstić information content (AvgIpc) is 2.86. The number of hydrogen-bond donors (Lipinski definition) is 2. The van der Waals surface area contributed by atoms with Gasteiger partial charge in [-0.15, -0.1) is 0 Å². The monoisotopic (exact) mass is 280 g/mol. The maximum absolute atomic E-state index is 6.05. The van der Waals surface area contributed by atoms with Crippen molar-refractivity contribution in [1.82, 2.24) is 9.55 Å². The molecule has 0 saturated heterocycles. The number of anilines is 1. The molecule has 0 aliphatic carbocycles. The first kappa shape index (κ1) is 13.6. The molecular formula is C17H20N4. The number of rotatable bonds is 4. The Bertz CT molecular complexity index is 774. The lowest BCUT2D eigenvalue weighted by molar-refractivity contribution is 0.671. The second kappa shape index (κ2) is 5.58. The van der Waals surface area contributed by atoms with Gasteiger partial charge in [-0.1, -0.05) is 24.3 Å². The van der Waals surface area contributed by atoms with Crippen LogP contribution in [0.5, 0.6) is 0 Å². The van der Waals surface area contributed by atoms with Gasteiger partial charge in [-0.3, -0.25) is 0 Å². The Morgan fingerprint density at radius 2 is 1.95 bits per heavy atom. The predicted octanol–water partition coefficient (Wildman–Crippen LogP) is 2.94. The Morgan fingerprint density at radius 3 is 2.71 bits per heavy atom. The summed E-state index contributed by atoms with van der Waals surface area (Å²) >= 11 is 0. The van der Waals surface area contributed by atoms with E-state index in [0.717, 1.165) is 46.6 Å². The Morgan fingerprint density at radius 1 is 1.14 bits per heavy atom. The van der Waals surface area contributed by atoms with E-state index in [2.05, 4.69) is 16.7 Å². The van der Waals surface area contributed by atoms with Crippen LogP contribution < -0.4 is 11.5 Å². The molecule has 3 aromatic rings. The summed E-state index contributed by atoms with van der Waals surface area (Å²) in [4.78, 5) is 4.77. The molecule has 0 saturated carbocycles. The van der Waals surface area contributed by atoms with Crippen molar-refractivity contribution in [2.75, 3.05) is 12.3 Å². The van der Waals surface area contributed by atoms with Crippen LogP contribution in [0.1, 0.15) is 12.0 Å². The van der Waals surface area contributed by atoms with Crippen LogP contribution in [0.25, 0.3) is 22.4 Å². The minimum atomic E-state index is 0.669. The van der Waals surface area contributed by atoms with Gasteiger partial charge < -0.3 is 16.0 Å². The zero-order valence-corrected chi connectivity index (χ0v) is 12.2. The minimum Gasteiger partial charge on any atom is -0.398 e. The maximum Gasteiger partial charge on any atom is 0.141 e. The molecule has 4 nitrogen and oxygen atoms in total. The van der Waals surface area contributed by atoms with E-state index in [-0.39, 0.29) is 0 Å². The maximum atomic E-state index is 6.05. The van der Waals surface area contributed by atoms with Gasteiger partial charge in [0.25, 0.3) is 0 Å². The first-order valence-electron chi connectivity index (χ1n) is 7.22. The molecule has 3 rings (SSSR count). The molecule has 0 spiro atoms. The van der Waals surface area contributed by atoms with Crippen molar-refractivity contribution in [1.29, 1.82) is 0 Å². The van der Waals surface area contributed by atoms with Crippen LogP contribution in [0.2, 0.25) is 0 Å². The van der Waals surface area contributed by atoms with Crippen molar-refractivity contribution < 1.29 is 0 Å². The highest BCUT2D eigenvalue weighted by Crippen LogP contribution is 2.27. The van der Waals surface area contributed by atoms with Crippen molar-refractivity contribution >= 4 is 16.7 Å². The molecule has 0 amide bonds. The number of imidazole rings is 1. The van der Waals surface area contributed by atoms with Crippen molar-refractivity contribution in [3.8, 4) is 11.4 Å². The summed E-state index contributed by atoms with van der Waals surface area (Å²) in [6.07, 6.45) is 0.925. The second-order valence-electron chi connectivity index (χ2n) is 5.29. The lowest BCUT2D eigenvalue weighted by atomic mass is 10.1. The fraction of sp³-hybridized carbons (Fsp3) is 0.235. The Kier molecular flexibility index (Phi) is 3.62. The Balaban J connectivity index is 2.17. The van der Waals surface area contributed by atoms with Gasteiger partial charge in [-0.05, 0) is 43.7 Å². The van der Waals surface area contributed by atoms with E-state index in [1.807, 2.05) is 37.3 Å². The molecule has 4 N–H and O–H groups in total. The SMILES string of the molecule is Cc1ccc(-c2nc3ccccc3n2CCCN)cc1N. The van der Waals surface area contributed by atoms with Gasteiger partial charge in [0.05, 0.1) is 11.0 Å². The molecule has 1 aromatic heterocycles. The van der Waals surface area contributed by atoms with E-state index in [9.17, 15) is 0 Å². The fourth-order valence-electron chi connectivity index (χ4n) is 2.55. The van der Waals surface area contributed by atoms with E-state index in [1.54, 1.807) is 0 Å². The van der Waals surface area contributed by atoms with Gasteiger partial charge in [0, 0.05) is 17.8 Å². The summed E-state index contributed by atoms with van der Waals surface area (Å²) in [7, 11) is 0. The van der Waals surface area contributed by atoms with E-state index < -0.39 is 0 Å². The number of nitrogen functional groups attached to an aromatic ring is 1. The molecular weight excluding hydrogens is 260 g/mol. The van der Waals surface area contributed by atoms with Crippen LogP contribution >= 0.6 is 0 Å².